The van der Waals surface area contributed by atoms with Crippen LogP contribution in [0.5, 0.6) is 0 Å². The van der Waals surface area contributed by atoms with E-state index in [0.29, 0.717) is 6.29 Å². The molecule has 0 radical (unpaired) electrons. The van der Waals surface area contributed by atoms with Gasteiger partial charge in [0.25, 0.3) is 0 Å². The molecule has 2 aliphatic rings. The molecule has 0 unspecified atom stereocenters. The molecular formula is C7H15N3. The second-order valence-corrected chi connectivity index (χ2v) is 3.38. The molecule has 0 N–H and O–H groups in total. The first-order valence-corrected chi connectivity index (χ1v) is 3.93. The lowest BCUT2D eigenvalue weighted by atomic mass is 10.7. The fourth-order valence-corrected chi connectivity index (χ4v) is 1.46. The highest BCUT2D eigenvalue weighted by Crippen LogP contribution is 2.21. The number of nitrogens with zero attached hydrogens (tertiary/aromatic N) is 3. The van der Waals surface area contributed by atoms with Gasteiger partial charge in [-0.15, -0.1) is 0 Å². The summed E-state index contributed by atoms with van der Waals surface area (Å²) in [6.45, 7) is 5.16. The van der Waals surface area contributed by atoms with Crippen LogP contribution in [0.3, 0.4) is 0 Å². The Morgan fingerprint density at radius 3 is 1.60 bits per heavy atom. The lowest BCUT2D eigenvalue weighted by Gasteiger charge is -2.26. The molecule has 0 bridgehead atoms. The average molecular weight is 141 g/mol. The Bertz CT molecular complexity index is 112. The Morgan fingerprint density at radius 1 is 1.00 bits per heavy atom. The van der Waals surface area contributed by atoms with E-state index in [-0.39, 0.29) is 0 Å². The van der Waals surface area contributed by atoms with Gasteiger partial charge in [-0.1, -0.05) is 0 Å². The van der Waals surface area contributed by atoms with Gasteiger partial charge >= 0.3 is 0 Å². The van der Waals surface area contributed by atoms with Gasteiger partial charge < -0.3 is 0 Å². The fraction of sp³-hybridized carbons (Fsp3) is 1.00. The van der Waals surface area contributed by atoms with Gasteiger partial charge in [0.05, 0.1) is 0 Å². The Morgan fingerprint density at radius 2 is 1.40 bits per heavy atom. The molecule has 2 heterocycles. The van der Waals surface area contributed by atoms with Crippen molar-refractivity contribution >= 4 is 0 Å². The Kier molecular flexibility index (Phi) is 1.44. The molecule has 2 aliphatic heterocycles. The van der Waals surface area contributed by atoms with Crippen LogP contribution < -0.4 is 0 Å². The van der Waals surface area contributed by atoms with Crippen molar-refractivity contribution < 1.29 is 0 Å². The topological polar surface area (TPSA) is 9.26 Å². The highest BCUT2D eigenvalue weighted by atomic mass is 15.6. The molecule has 2 rings (SSSR count). The highest BCUT2D eigenvalue weighted by Gasteiger charge is 2.38. The van der Waals surface area contributed by atoms with Gasteiger partial charge in [0.2, 0.25) is 0 Å². The molecule has 0 aliphatic carbocycles. The quantitative estimate of drug-likeness (QED) is 0.489. The minimum atomic E-state index is 0.611. The lowest BCUT2D eigenvalue weighted by molar-refractivity contribution is 0.0850. The van der Waals surface area contributed by atoms with Gasteiger partial charge in [-0.25, -0.2) is 0 Å². The van der Waals surface area contributed by atoms with Gasteiger partial charge in [0.1, 0.15) is 6.29 Å². The molecule has 0 aromatic carbocycles. The van der Waals surface area contributed by atoms with E-state index in [1.54, 1.807) is 0 Å². The maximum Gasteiger partial charge on any atom is 0.119 e. The van der Waals surface area contributed by atoms with Gasteiger partial charge in [-0.05, 0) is 14.1 Å². The summed E-state index contributed by atoms with van der Waals surface area (Å²) in [5.41, 5.74) is 0. The van der Waals surface area contributed by atoms with E-state index in [9.17, 15) is 0 Å². The zero-order chi connectivity index (χ0) is 7.14. The summed E-state index contributed by atoms with van der Waals surface area (Å²) in [5.74, 6) is 0. The van der Waals surface area contributed by atoms with E-state index in [4.69, 9.17) is 0 Å². The van der Waals surface area contributed by atoms with Crippen molar-refractivity contribution in [1.29, 1.82) is 0 Å². The molecule has 58 valence electrons. The van der Waals surface area contributed by atoms with Gasteiger partial charge in [0, 0.05) is 26.2 Å². The summed E-state index contributed by atoms with van der Waals surface area (Å²) in [6, 6.07) is 0. The SMILES string of the molecule is CN(C)C(N1CC1)N1CC1. The molecule has 0 atom stereocenters. The van der Waals surface area contributed by atoms with Crippen LogP contribution in [-0.4, -0.2) is 61.3 Å². The predicted molar refractivity (Wildman–Crippen MR) is 40.6 cm³/mol. The molecule has 3 heteroatoms. The second-order valence-electron chi connectivity index (χ2n) is 3.38. The molecule has 0 aromatic rings. The van der Waals surface area contributed by atoms with E-state index in [1.165, 1.54) is 26.2 Å². The van der Waals surface area contributed by atoms with Crippen molar-refractivity contribution in [3.05, 3.63) is 0 Å². The van der Waals surface area contributed by atoms with Gasteiger partial charge in [-0.2, -0.15) is 0 Å². The highest BCUT2D eigenvalue weighted by molar-refractivity contribution is 4.87. The molecule has 10 heavy (non-hydrogen) atoms. The van der Waals surface area contributed by atoms with Crippen LogP contribution in [0.25, 0.3) is 0 Å². The van der Waals surface area contributed by atoms with Crippen molar-refractivity contribution in [2.45, 2.75) is 6.29 Å². The Hall–Kier alpha value is -0.120. The summed E-state index contributed by atoms with van der Waals surface area (Å²) in [4.78, 5) is 7.25. The Labute approximate surface area is 62.2 Å². The van der Waals surface area contributed by atoms with Crippen LogP contribution in [0.1, 0.15) is 0 Å². The van der Waals surface area contributed by atoms with Crippen molar-refractivity contribution in [3.63, 3.8) is 0 Å². The van der Waals surface area contributed by atoms with E-state index in [2.05, 4.69) is 28.8 Å². The molecule has 3 nitrogen and oxygen atoms in total. The molecule has 2 saturated heterocycles. The maximum atomic E-state index is 2.48. The second kappa shape index (κ2) is 2.19. The van der Waals surface area contributed by atoms with Gasteiger partial charge in [-0.3, -0.25) is 14.7 Å². The van der Waals surface area contributed by atoms with Crippen LogP contribution in [0.2, 0.25) is 0 Å². The lowest BCUT2D eigenvalue weighted by Crippen LogP contribution is -2.41. The normalized spacial score (nSPS) is 26.4. The first-order chi connectivity index (χ1) is 4.79. The first kappa shape index (κ1) is 6.58. The zero-order valence-corrected chi connectivity index (χ0v) is 6.75. The van der Waals surface area contributed by atoms with Crippen LogP contribution in [0, 0.1) is 0 Å². The largest absolute Gasteiger partial charge is 0.282 e. The maximum absolute atomic E-state index is 2.48. The standard InChI is InChI=1S/C7H15N3/c1-8(2)7(9-3-4-9)10-5-6-10/h7H,3-6H2,1-2H3. The minimum Gasteiger partial charge on any atom is -0.282 e. The molecule has 0 saturated carbocycles. The van der Waals surface area contributed by atoms with Crippen LogP contribution in [-0.2, 0) is 0 Å². The van der Waals surface area contributed by atoms with Crippen molar-refractivity contribution in [1.82, 2.24) is 14.7 Å². The molecular weight excluding hydrogens is 126 g/mol. The summed E-state index contributed by atoms with van der Waals surface area (Å²) in [6.07, 6.45) is 0.611. The Balaban J connectivity index is 1.92. The molecule has 0 amide bonds. The third kappa shape index (κ3) is 1.17. The molecule has 0 aromatic heterocycles. The summed E-state index contributed by atoms with van der Waals surface area (Å²) >= 11 is 0. The fourth-order valence-electron chi connectivity index (χ4n) is 1.46. The summed E-state index contributed by atoms with van der Waals surface area (Å²) in [7, 11) is 4.31. The van der Waals surface area contributed by atoms with E-state index < -0.39 is 0 Å². The smallest absolute Gasteiger partial charge is 0.119 e. The third-order valence-electron chi connectivity index (χ3n) is 2.08. The number of rotatable bonds is 3. The number of hydrogen-bond donors (Lipinski definition) is 0. The van der Waals surface area contributed by atoms with Crippen LogP contribution in [0.15, 0.2) is 0 Å². The number of hydrogen-bond acceptors (Lipinski definition) is 3. The monoisotopic (exact) mass is 141 g/mol. The van der Waals surface area contributed by atoms with Crippen molar-refractivity contribution in [2.75, 3.05) is 40.3 Å². The predicted octanol–water partition coefficient (Wildman–Crippen LogP) is -0.537. The average Bonchev–Trinajstić information content (AvgIpc) is 2.49. The minimum absolute atomic E-state index is 0.611. The third-order valence-corrected chi connectivity index (χ3v) is 2.08. The zero-order valence-electron chi connectivity index (χ0n) is 6.75. The summed E-state index contributed by atoms with van der Waals surface area (Å²) < 4.78 is 0. The summed E-state index contributed by atoms with van der Waals surface area (Å²) in [5, 5.41) is 0. The molecule has 2 fully saturated rings. The van der Waals surface area contributed by atoms with E-state index in [1.807, 2.05) is 0 Å². The molecule has 0 spiro atoms. The first-order valence-electron chi connectivity index (χ1n) is 3.93. The van der Waals surface area contributed by atoms with E-state index >= 15 is 0 Å². The van der Waals surface area contributed by atoms with Crippen molar-refractivity contribution in [3.8, 4) is 0 Å². The van der Waals surface area contributed by atoms with E-state index in [0.717, 1.165) is 0 Å². The van der Waals surface area contributed by atoms with Crippen molar-refractivity contribution in [2.24, 2.45) is 0 Å². The van der Waals surface area contributed by atoms with Crippen LogP contribution >= 0.6 is 0 Å². The van der Waals surface area contributed by atoms with Gasteiger partial charge in [0.15, 0.2) is 0 Å². The van der Waals surface area contributed by atoms with Crippen LogP contribution in [0.4, 0.5) is 0 Å².